The lowest BCUT2D eigenvalue weighted by Crippen LogP contribution is -2.51. The number of carbonyl (C=O) groups excluding carboxylic acids is 1. The Morgan fingerprint density at radius 2 is 1.92 bits per heavy atom. The van der Waals surface area contributed by atoms with Gasteiger partial charge in [0.05, 0.1) is 6.04 Å². The maximum absolute atomic E-state index is 12.6. The van der Waals surface area contributed by atoms with E-state index >= 15 is 0 Å². The van der Waals surface area contributed by atoms with Gasteiger partial charge in [-0.2, -0.15) is 5.10 Å². The van der Waals surface area contributed by atoms with Crippen LogP contribution in [0.2, 0.25) is 0 Å². The number of hydrogen-bond acceptors (Lipinski definition) is 6. The van der Waals surface area contributed by atoms with Crippen molar-refractivity contribution in [2.45, 2.75) is 64.9 Å². The van der Waals surface area contributed by atoms with Gasteiger partial charge in [0.25, 0.3) is 5.91 Å². The van der Waals surface area contributed by atoms with Crippen LogP contribution in [0.5, 0.6) is 0 Å². The smallest absolute Gasteiger partial charge is 0.339 e. The average Bonchev–Trinajstić information content (AvgIpc) is 2.91. The van der Waals surface area contributed by atoms with Crippen LogP contribution < -0.4 is 5.32 Å². The average molecular weight is 359 g/mol. The second-order valence-corrected chi connectivity index (χ2v) is 7.78. The van der Waals surface area contributed by atoms with Crippen molar-refractivity contribution in [1.82, 2.24) is 10.3 Å². The normalized spacial score (nSPS) is 20.5. The van der Waals surface area contributed by atoms with Gasteiger partial charge in [-0.25, -0.2) is 9.80 Å². The summed E-state index contributed by atoms with van der Waals surface area (Å²) in [5.74, 6) is -2.76. The van der Waals surface area contributed by atoms with E-state index in [1.165, 1.54) is 6.92 Å². The molecule has 136 valence electrons. The second kappa shape index (κ2) is 7.98. The monoisotopic (exact) mass is 359 g/mol. The summed E-state index contributed by atoms with van der Waals surface area (Å²) in [6, 6.07) is -1.72. The first-order chi connectivity index (χ1) is 11.0. The summed E-state index contributed by atoms with van der Waals surface area (Å²) in [7, 11) is 0. The van der Waals surface area contributed by atoms with Crippen molar-refractivity contribution < 1.29 is 24.6 Å². The van der Waals surface area contributed by atoms with Crippen LogP contribution in [0.15, 0.2) is 5.10 Å². The van der Waals surface area contributed by atoms with E-state index in [9.17, 15) is 24.6 Å². The van der Waals surface area contributed by atoms with Crippen molar-refractivity contribution in [3.05, 3.63) is 0 Å². The molecule has 0 aromatic rings. The third kappa shape index (κ3) is 4.94. The van der Waals surface area contributed by atoms with Crippen LogP contribution in [-0.2, 0) is 14.4 Å². The summed E-state index contributed by atoms with van der Waals surface area (Å²) >= 11 is 1.03. The lowest BCUT2D eigenvalue weighted by molar-refractivity contribution is -0.147. The molecule has 1 amide bonds. The first-order valence-electron chi connectivity index (χ1n) is 7.79. The fourth-order valence-electron chi connectivity index (χ4n) is 2.11. The van der Waals surface area contributed by atoms with Crippen molar-refractivity contribution in [3.63, 3.8) is 0 Å². The van der Waals surface area contributed by atoms with Crippen molar-refractivity contribution in [1.29, 1.82) is 0 Å². The highest BCUT2D eigenvalue weighted by Gasteiger charge is 2.42. The zero-order valence-electron chi connectivity index (χ0n) is 14.6. The van der Waals surface area contributed by atoms with Crippen LogP contribution in [0.1, 0.15) is 47.5 Å². The maximum atomic E-state index is 12.6. The van der Waals surface area contributed by atoms with Gasteiger partial charge in [-0.05, 0) is 13.3 Å². The predicted octanol–water partition coefficient (Wildman–Crippen LogP) is 1.56. The van der Waals surface area contributed by atoms with Crippen LogP contribution in [0.3, 0.4) is 0 Å². The molecule has 0 aliphatic carbocycles. The fourth-order valence-corrected chi connectivity index (χ4v) is 3.17. The van der Waals surface area contributed by atoms with Gasteiger partial charge in [0.2, 0.25) is 5.37 Å². The molecule has 0 bridgehead atoms. The van der Waals surface area contributed by atoms with Gasteiger partial charge in [-0.15, -0.1) is 0 Å². The van der Waals surface area contributed by atoms with E-state index in [1.807, 2.05) is 27.7 Å². The first kappa shape index (κ1) is 20.4. The Bertz CT molecular complexity index is 544. The van der Waals surface area contributed by atoms with Crippen LogP contribution >= 0.6 is 11.8 Å². The fraction of sp³-hybridized carbons (Fsp3) is 0.733. The molecule has 0 saturated carbocycles. The minimum atomic E-state index is -1.16. The molecule has 0 aromatic carbocycles. The molecular weight excluding hydrogens is 334 g/mol. The lowest BCUT2D eigenvalue weighted by Gasteiger charge is -2.24. The summed E-state index contributed by atoms with van der Waals surface area (Å²) in [4.78, 5) is 35.2. The van der Waals surface area contributed by atoms with Gasteiger partial charge in [-0.1, -0.05) is 45.9 Å². The van der Waals surface area contributed by atoms with E-state index < -0.39 is 35.3 Å². The second-order valence-electron chi connectivity index (χ2n) is 6.71. The third-order valence-electron chi connectivity index (χ3n) is 3.42. The van der Waals surface area contributed by atoms with Crippen molar-refractivity contribution >= 4 is 34.7 Å². The summed E-state index contributed by atoms with van der Waals surface area (Å²) in [5, 5.41) is 25.8. The molecule has 0 spiro atoms. The molecule has 1 aliphatic heterocycles. The Kier molecular flexibility index (Phi) is 6.79. The van der Waals surface area contributed by atoms with E-state index in [2.05, 4.69) is 10.4 Å². The Morgan fingerprint density at radius 3 is 2.33 bits per heavy atom. The SMILES string of the molecule is CCC[C@H](N[C@@H](C)C(=O)N1N=C(C(C)(C)C)SC1C(=O)O)C(=O)O. The number of hydrogen-bond donors (Lipinski definition) is 3. The molecule has 0 fully saturated rings. The topological polar surface area (TPSA) is 119 Å². The summed E-state index contributed by atoms with van der Waals surface area (Å²) in [6.45, 7) is 9.02. The highest BCUT2D eigenvalue weighted by Crippen LogP contribution is 2.35. The van der Waals surface area contributed by atoms with Crippen LogP contribution in [0, 0.1) is 5.41 Å². The van der Waals surface area contributed by atoms with E-state index in [1.54, 1.807) is 0 Å². The largest absolute Gasteiger partial charge is 0.480 e. The molecule has 3 N–H and O–H groups in total. The van der Waals surface area contributed by atoms with Crippen LogP contribution in [0.25, 0.3) is 0 Å². The number of nitrogens with zero attached hydrogens (tertiary/aromatic N) is 2. The number of carboxylic acid groups (broad SMARTS) is 2. The number of thioether (sulfide) groups is 1. The number of nitrogens with one attached hydrogen (secondary N) is 1. The van der Waals surface area contributed by atoms with Crippen molar-refractivity contribution in [3.8, 4) is 0 Å². The van der Waals surface area contributed by atoms with Crippen molar-refractivity contribution in [2.24, 2.45) is 10.5 Å². The molecule has 8 nitrogen and oxygen atoms in total. The standard InChI is InChI=1S/C15H25N3O5S/c1-6-7-9(12(20)21)16-8(2)10(19)18-11(13(22)23)24-14(17-18)15(3,4)5/h8-9,11,16H,6-7H2,1-5H3,(H,20,21)(H,22,23)/t8-,9-,11?/m0/s1. The number of amides is 1. The van der Waals surface area contributed by atoms with Gasteiger partial charge in [0, 0.05) is 5.41 Å². The molecule has 0 radical (unpaired) electrons. The molecule has 1 unspecified atom stereocenters. The minimum Gasteiger partial charge on any atom is -0.480 e. The number of carboxylic acids is 2. The van der Waals surface area contributed by atoms with E-state index in [4.69, 9.17) is 0 Å². The van der Waals surface area contributed by atoms with Gasteiger partial charge < -0.3 is 10.2 Å². The summed E-state index contributed by atoms with van der Waals surface area (Å²) in [6.07, 6.45) is 1.02. The third-order valence-corrected chi connectivity index (χ3v) is 4.96. The van der Waals surface area contributed by atoms with Crippen LogP contribution in [0.4, 0.5) is 0 Å². The highest BCUT2D eigenvalue weighted by atomic mass is 32.2. The Hall–Kier alpha value is -1.61. The molecule has 1 rings (SSSR count). The van der Waals surface area contributed by atoms with Gasteiger partial charge in [-0.3, -0.25) is 14.9 Å². The molecule has 9 heteroatoms. The van der Waals surface area contributed by atoms with Crippen molar-refractivity contribution in [2.75, 3.05) is 0 Å². The quantitative estimate of drug-likeness (QED) is 0.631. The highest BCUT2D eigenvalue weighted by molar-refractivity contribution is 8.15. The van der Waals surface area contributed by atoms with E-state index in [0.717, 1.165) is 16.8 Å². The Labute approximate surface area is 145 Å². The zero-order chi connectivity index (χ0) is 18.7. The minimum absolute atomic E-state index is 0.376. The summed E-state index contributed by atoms with van der Waals surface area (Å²) < 4.78 is 0. The molecule has 0 saturated heterocycles. The molecule has 3 atom stereocenters. The lowest BCUT2D eigenvalue weighted by atomic mass is 9.99. The summed E-state index contributed by atoms with van der Waals surface area (Å²) in [5.41, 5.74) is -0.379. The zero-order valence-corrected chi connectivity index (χ0v) is 15.4. The van der Waals surface area contributed by atoms with Gasteiger partial charge in [0.1, 0.15) is 11.1 Å². The Balaban J connectivity index is 2.95. The van der Waals surface area contributed by atoms with Crippen LogP contribution in [-0.4, -0.2) is 55.6 Å². The number of carbonyl (C=O) groups is 3. The van der Waals surface area contributed by atoms with E-state index in [0.29, 0.717) is 17.9 Å². The predicted molar refractivity (Wildman–Crippen MR) is 91.7 cm³/mol. The number of rotatable bonds is 7. The molecule has 1 heterocycles. The number of aliphatic carboxylic acids is 2. The van der Waals surface area contributed by atoms with Gasteiger partial charge >= 0.3 is 11.9 Å². The number of hydrazone groups is 1. The molecule has 24 heavy (non-hydrogen) atoms. The molecule has 1 aliphatic rings. The van der Waals surface area contributed by atoms with E-state index in [-0.39, 0.29) is 5.41 Å². The molecule has 0 aromatic heterocycles. The molecular formula is C15H25N3O5S. The van der Waals surface area contributed by atoms with Gasteiger partial charge in [0.15, 0.2) is 0 Å². The maximum Gasteiger partial charge on any atom is 0.339 e. The Morgan fingerprint density at radius 1 is 1.33 bits per heavy atom. The first-order valence-corrected chi connectivity index (χ1v) is 8.67.